The Morgan fingerprint density at radius 3 is 2.81 bits per heavy atom. The minimum atomic E-state index is -0.903. The van der Waals surface area contributed by atoms with Crippen LogP contribution in [-0.4, -0.2) is 39.7 Å². The van der Waals surface area contributed by atoms with Crippen molar-refractivity contribution in [2.45, 2.75) is 6.92 Å². The van der Waals surface area contributed by atoms with Crippen LogP contribution < -0.4 is 10.1 Å². The monoisotopic (exact) mass is 246 g/mol. The van der Waals surface area contributed by atoms with Gasteiger partial charge in [-0.25, -0.2) is 0 Å². The Morgan fingerprint density at radius 1 is 1.56 bits per heavy atom. The van der Waals surface area contributed by atoms with Crippen molar-refractivity contribution < 1.29 is 14.6 Å². The Hall–Kier alpha value is -1.63. The standard InChI is InChI=1S/C8H11ClN4O3/c1-4(5(14)15)3-10-7-11-6(9)12-8(13-7)16-2/h4H,3H2,1-2H3,(H,14,15)(H,10,11,12,13). The lowest BCUT2D eigenvalue weighted by atomic mass is 10.2. The second-order valence-electron chi connectivity index (χ2n) is 3.03. The van der Waals surface area contributed by atoms with E-state index in [0.717, 1.165) is 0 Å². The quantitative estimate of drug-likeness (QED) is 0.788. The molecule has 0 saturated heterocycles. The average molecular weight is 247 g/mol. The number of methoxy groups -OCH3 is 1. The fraction of sp³-hybridized carbons (Fsp3) is 0.500. The molecule has 0 aliphatic carbocycles. The van der Waals surface area contributed by atoms with Gasteiger partial charge in [-0.1, -0.05) is 6.92 Å². The molecule has 1 unspecified atom stereocenters. The molecular weight excluding hydrogens is 236 g/mol. The molecule has 1 aromatic rings. The van der Waals surface area contributed by atoms with Crippen molar-refractivity contribution >= 4 is 23.5 Å². The van der Waals surface area contributed by atoms with Gasteiger partial charge in [0.05, 0.1) is 13.0 Å². The molecule has 0 spiro atoms. The number of carbonyl (C=O) groups is 1. The molecule has 0 fully saturated rings. The SMILES string of the molecule is COc1nc(Cl)nc(NCC(C)C(=O)O)n1. The number of aromatic nitrogens is 3. The zero-order valence-corrected chi connectivity index (χ0v) is 9.52. The lowest BCUT2D eigenvalue weighted by Crippen LogP contribution is -2.20. The van der Waals surface area contributed by atoms with Crippen LogP contribution in [0.15, 0.2) is 0 Å². The number of nitrogens with zero attached hydrogens (tertiary/aromatic N) is 3. The van der Waals surface area contributed by atoms with E-state index in [1.165, 1.54) is 7.11 Å². The fourth-order valence-electron chi connectivity index (χ4n) is 0.834. The van der Waals surface area contributed by atoms with Crippen LogP contribution in [-0.2, 0) is 4.79 Å². The summed E-state index contributed by atoms with van der Waals surface area (Å²) in [6.45, 7) is 1.76. The lowest BCUT2D eigenvalue weighted by Gasteiger charge is -2.08. The Morgan fingerprint density at radius 2 is 2.25 bits per heavy atom. The number of anilines is 1. The molecule has 1 rings (SSSR count). The highest BCUT2D eigenvalue weighted by Crippen LogP contribution is 2.11. The number of carboxylic acids is 1. The van der Waals surface area contributed by atoms with E-state index >= 15 is 0 Å². The molecule has 0 amide bonds. The Labute approximate surface area is 96.8 Å². The topological polar surface area (TPSA) is 97.2 Å². The maximum atomic E-state index is 10.6. The van der Waals surface area contributed by atoms with E-state index in [0.29, 0.717) is 0 Å². The van der Waals surface area contributed by atoms with Crippen LogP contribution in [0.4, 0.5) is 5.95 Å². The summed E-state index contributed by atoms with van der Waals surface area (Å²) >= 11 is 5.61. The second kappa shape index (κ2) is 5.45. The second-order valence-corrected chi connectivity index (χ2v) is 3.37. The highest BCUT2D eigenvalue weighted by Gasteiger charge is 2.12. The predicted octanol–water partition coefficient (Wildman–Crippen LogP) is 0.666. The van der Waals surface area contributed by atoms with Crippen molar-refractivity contribution in [1.82, 2.24) is 15.0 Å². The third-order valence-electron chi connectivity index (χ3n) is 1.76. The molecule has 2 N–H and O–H groups in total. The first kappa shape index (κ1) is 12.4. The zero-order valence-electron chi connectivity index (χ0n) is 8.77. The Bertz CT molecular complexity index is 388. The molecule has 1 aromatic heterocycles. The zero-order chi connectivity index (χ0) is 12.1. The summed E-state index contributed by atoms with van der Waals surface area (Å²) in [5, 5.41) is 11.4. The Balaban J connectivity index is 2.66. The molecule has 0 aliphatic heterocycles. The number of carboxylic acid groups (broad SMARTS) is 1. The van der Waals surface area contributed by atoms with E-state index < -0.39 is 11.9 Å². The summed E-state index contributed by atoms with van der Waals surface area (Å²) in [4.78, 5) is 21.9. The van der Waals surface area contributed by atoms with Crippen LogP contribution in [0.25, 0.3) is 0 Å². The molecule has 1 heterocycles. The molecule has 88 valence electrons. The van der Waals surface area contributed by atoms with Gasteiger partial charge in [0.2, 0.25) is 11.2 Å². The number of halogens is 1. The maximum Gasteiger partial charge on any atom is 0.322 e. The van der Waals surface area contributed by atoms with Crippen molar-refractivity contribution in [2.75, 3.05) is 19.0 Å². The van der Waals surface area contributed by atoms with E-state index in [4.69, 9.17) is 21.4 Å². The fourth-order valence-corrected chi connectivity index (χ4v) is 0.986. The number of hydrogen-bond acceptors (Lipinski definition) is 6. The number of nitrogens with one attached hydrogen (secondary N) is 1. The van der Waals surface area contributed by atoms with Crippen LogP contribution in [0.1, 0.15) is 6.92 Å². The van der Waals surface area contributed by atoms with Crippen LogP contribution in [0.2, 0.25) is 5.28 Å². The number of rotatable bonds is 5. The van der Waals surface area contributed by atoms with Gasteiger partial charge in [0, 0.05) is 6.54 Å². The molecular formula is C8H11ClN4O3. The highest BCUT2D eigenvalue weighted by atomic mass is 35.5. The molecule has 0 aromatic carbocycles. The molecule has 16 heavy (non-hydrogen) atoms. The van der Waals surface area contributed by atoms with Crippen molar-refractivity contribution in [3.63, 3.8) is 0 Å². The van der Waals surface area contributed by atoms with E-state index in [1.807, 2.05) is 0 Å². The minimum Gasteiger partial charge on any atom is -0.481 e. The predicted molar refractivity (Wildman–Crippen MR) is 56.7 cm³/mol. The van der Waals surface area contributed by atoms with Gasteiger partial charge in [-0.2, -0.15) is 15.0 Å². The van der Waals surface area contributed by atoms with Gasteiger partial charge >= 0.3 is 12.0 Å². The van der Waals surface area contributed by atoms with Crippen LogP contribution in [0.5, 0.6) is 6.01 Å². The number of hydrogen-bond donors (Lipinski definition) is 2. The molecule has 7 nitrogen and oxygen atoms in total. The van der Waals surface area contributed by atoms with E-state index in [9.17, 15) is 4.79 Å². The maximum absolute atomic E-state index is 10.6. The van der Waals surface area contributed by atoms with Crippen LogP contribution >= 0.6 is 11.6 Å². The number of aliphatic carboxylic acids is 1. The van der Waals surface area contributed by atoms with Gasteiger partial charge < -0.3 is 15.2 Å². The van der Waals surface area contributed by atoms with E-state index in [-0.39, 0.29) is 23.8 Å². The normalized spacial score (nSPS) is 11.9. The summed E-state index contributed by atoms with van der Waals surface area (Å²) in [5.41, 5.74) is 0. The number of ether oxygens (including phenoxy) is 1. The molecule has 0 saturated carbocycles. The molecule has 0 radical (unpaired) electrons. The molecule has 1 atom stereocenters. The first-order valence-electron chi connectivity index (χ1n) is 4.45. The summed E-state index contributed by atoms with van der Waals surface area (Å²) < 4.78 is 4.79. The average Bonchev–Trinajstić information content (AvgIpc) is 2.24. The van der Waals surface area contributed by atoms with Crippen LogP contribution in [0.3, 0.4) is 0 Å². The van der Waals surface area contributed by atoms with E-state index in [2.05, 4.69) is 20.3 Å². The summed E-state index contributed by atoms with van der Waals surface area (Å²) in [7, 11) is 1.40. The largest absolute Gasteiger partial charge is 0.481 e. The third-order valence-corrected chi connectivity index (χ3v) is 1.93. The Kier molecular flexibility index (Phi) is 4.24. The van der Waals surface area contributed by atoms with Gasteiger partial charge in [-0.15, -0.1) is 0 Å². The smallest absolute Gasteiger partial charge is 0.322 e. The highest BCUT2D eigenvalue weighted by molar-refractivity contribution is 6.28. The van der Waals surface area contributed by atoms with Gasteiger partial charge in [0.1, 0.15) is 0 Å². The van der Waals surface area contributed by atoms with Crippen molar-refractivity contribution in [1.29, 1.82) is 0 Å². The summed E-state index contributed by atoms with van der Waals surface area (Å²) in [6, 6.07) is 0.0745. The van der Waals surface area contributed by atoms with Crippen molar-refractivity contribution in [3.05, 3.63) is 5.28 Å². The van der Waals surface area contributed by atoms with Crippen molar-refractivity contribution in [2.24, 2.45) is 5.92 Å². The summed E-state index contributed by atoms with van der Waals surface area (Å²) in [5.74, 6) is -1.27. The summed E-state index contributed by atoms with van der Waals surface area (Å²) in [6.07, 6.45) is 0. The molecule has 0 aliphatic rings. The van der Waals surface area contributed by atoms with Gasteiger partial charge in [0.15, 0.2) is 0 Å². The van der Waals surface area contributed by atoms with Gasteiger partial charge in [-0.3, -0.25) is 4.79 Å². The van der Waals surface area contributed by atoms with Gasteiger partial charge in [-0.05, 0) is 11.6 Å². The van der Waals surface area contributed by atoms with E-state index in [1.54, 1.807) is 6.92 Å². The van der Waals surface area contributed by atoms with Crippen LogP contribution in [0, 0.1) is 5.92 Å². The molecule has 8 heteroatoms. The first-order valence-corrected chi connectivity index (χ1v) is 4.83. The first-order chi connectivity index (χ1) is 7.52. The van der Waals surface area contributed by atoms with Crippen molar-refractivity contribution in [3.8, 4) is 6.01 Å². The molecule has 0 bridgehead atoms. The van der Waals surface area contributed by atoms with Gasteiger partial charge in [0.25, 0.3) is 0 Å². The lowest BCUT2D eigenvalue weighted by molar-refractivity contribution is -0.140. The third kappa shape index (κ3) is 3.50. The minimum absolute atomic E-state index is 0.0164.